The number of nitro benzene ring substituents is 1. The van der Waals surface area contributed by atoms with E-state index in [-0.39, 0.29) is 11.7 Å². The molecule has 0 saturated heterocycles. The van der Waals surface area contributed by atoms with E-state index < -0.39 is 10.9 Å². The highest BCUT2D eigenvalue weighted by molar-refractivity contribution is 5.89. The van der Waals surface area contributed by atoms with Gasteiger partial charge in [-0.3, -0.25) is 15.0 Å². The quantitative estimate of drug-likeness (QED) is 0.395. The predicted molar refractivity (Wildman–Crippen MR) is 89.5 cm³/mol. The molecular weight excluding hydrogens is 296 g/mol. The van der Waals surface area contributed by atoms with E-state index in [0.29, 0.717) is 18.1 Å². The summed E-state index contributed by atoms with van der Waals surface area (Å²) in [5, 5.41) is 10.6. The highest BCUT2D eigenvalue weighted by atomic mass is 16.6. The van der Waals surface area contributed by atoms with E-state index >= 15 is 0 Å². The summed E-state index contributed by atoms with van der Waals surface area (Å²) >= 11 is 0. The number of non-ortho nitro benzene ring substituents is 1. The fourth-order valence-corrected chi connectivity index (χ4v) is 2.58. The van der Waals surface area contributed by atoms with Gasteiger partial charge in [0.05, 0.1) is 10.5 Å². The first-order valence-electron chi connectivity index (χ1n) is 8.04. The lowest BCUT2D eigenvalue weighted by molar-refractivity contribution is -0.384. The molecule has 0 fully saturated rings. The minimum absolute atomic E-state index is 0.0395. The molecule has 0 radical (unpaired) electrons. The number of carbonyl (C=O) groups is 1. The van der Waals surface area contributed by atoms with Crippen LogP contribution in [0, 0.1) is 16.0 Å². The number of likely N-dealkylation sites (N-methyl/N-ethyl adjacent to an activating group) is 1. The SMILES string of the molecule is CCN(CC)C(COC(=O)c1ccc([N+](=O)[O-])cc1)CC(C)C. The fourth-order valence-electron chi connectivity index (χ4n) is 2.58. The van der Waals surface area contributed by atoms with Gasteiger partial charge in [-0.25, -0.2) is 4.79 Å². The Morgan fingerprint density at radius 1 is 1.22 bits per heavy atom. The van der Waals surface area contributed by atoms with Crippen LogP contribution in [0.4, 0.5) is 5.69 Å². The van der Waals surface area contributed by atoms with Gasteiger partial charge in [-0.1, -0.05) is 27.7 Å². The van der Waals surface area contributed by atoms with E-state index in [0.717, 1.165) is 19.5 Å². The van der Waals surface area contributed by atoms with Gasteiger partial charge in [0.25, 0.3) is 5.69 Å². The molecule has 0 N–H and O–H groups in total. The maximum absolute atomic E-state index is 12.1. The molecule has 1 unspecified atom stereocenters. The number of hydrogen-bond acceptors (Lipinski definition) is 5. The van der Waals surface area contributed by atoms with Crippen molar-refractivity contribution in [1.29, 1.82) is 0 Å². The summed E-state index contributed by atoms with van der Waals surface area (Å²) < 4.78 is 5.43. The lowest BCUT2D eigenvalue weighted by Crippen LogP contribution is -2.40. The maximum Gasteiger partial charge on any atom is 0.338 e. The van der Waals surface area contributed by atoms with Crippen molar-refractivity contribution in [1.82, 2.24) is 4.90 Å². The third kappa shape index (κ3) is 5.98. The minimum Gasteiger partial charge on any atom is -0.460 e. The molecule has 0 aliphatic carbocycles. The van der Waals surface area contributed by atoms with Crippen LogP contribution in [0.15, 0.2) is 24.3 Å². The molecule has 0 spiro atoms. The van der Waals surface area contributed by atoms with Crippen molar-refractivity contribution in [3.8, 4) is 0 Å². The summed E-state index contributed by atoms with van der Waals surface area (Å²) in [5.74, 6) is 0.0690. The van der Waals surface area contributed by atoms with Crippen LogP contribution in [0.25, 0.3) is 0 Å². The summed E-state index contributed by atoms with van der Waals surface area (Å²) in [4.78, 5) is 24.5. The predicted octanol–water partition coefficient (Wildman–Crippen LogP) is 3.51. The Labute approximate surface area is 137 Å². The molecule has 0 bridgehead atoms. The number of hydrogen-bond donors (Lipinski definition) is 0. The summed E-state index contributed by atoms with van der Waals surface area (Å²) in [6.45, 7) is 10.6. The van der Waals surface area contributed by atoms with E-state index in [1.807, 2.05) is 0 Å². The second-order valence-corrected chi connectivity index (χ2v) is 5.91. The Hall–Kier alpha value is -1.95. The first-order valence-corrected chi connectivity index (χ1v) is 8.04. The van der Waals surface area contributed by atoms with Gasteiger partial charge >= 0.3 is 5.97 Å². The third-order valence-electron chi connectivity index (χ3n) is 3.79. The largest absolute Gasteiger partial charge is 0.460 e. The molecular formula is C17H26N2O4. The maximum atomic E-state index is 12.1. The van der Waals surface area contributed by atoms with Crippen molar-refractivity contribution in [2.75, 3.05) is 19.7 Å². The zero-order chi connectivity index (χ0) is 17.4. The average molecular weight is 322 g/mol. The van der Waals surface area contributed by atoms with E-state index in [1.54, 1.807) is 0 Å². The van der Waals surface area contributed by atoms with Crippen molar-refractivity contribution in [2.24, 2.45) is 5.92 Å². The van der Waals surface area contributed by atoms with Gasteiger partial charge in [0.15, 0.2) is 0 Å². The van der Waals surface area contributed by atoms with E-state index in [2.05, 4.69) is 32.6 Å². The second-order valence-electron chi connectivity index (χ2n) is 5.91. The van der Waals surface area contributed by atoms with Crippen molar-refractivity contribution in [2.45, 2.75) is 40.2 Å². The highest BCUT2D eigenvalue weighted by Crippen LogP contribution is 2.15. The number of carbonyl (C=O) groups excluding carboxylic acids is 1. The summed E-state index contributed by atoms with van der Waals surface area (Å²) in [6, 6.07) is 5.66. The Balaban J connectivity index is 2.68. The molecule has 0 saturated carbocycles. The summed E-state index contributed by atoms with van der Waals surface area (Å²) in [5.41, 5.74) is 0.292. The van der Waals surface area contributed by atoms with Crippen LogP contribution in [0.5, 0.6) is 0 Å². The molecule has 6 nitrogen and oxygen atoms in total. The van der Waals surface area contributed by atoms with Crippen molar-refractivity contribution < 1.29 is 14.5 Å². The van der Waals surface area contributed by atoms with Gasteiger partial charge in [-0.15, -0.1) is 0 Å². The van der Waals surface area contributed by atoms with Gasteiger partial charge in [-0.2, -0.15) is 0 Å². The molecule has 1 atom stereocenters. The minimum atomic E-state index is -0.492. The molecule has 0 aliphatic rings. The fraction of sp³-hybridized carbons (Fsp3) is 0.588. The van der Waals surface area contributed by atoms with Gasteiger partial charge in [0.1, 0.15) is 6.61 Å². The first-order chi connectivity index (χ1) is 10.9. The van der Waals surface area contributed by atoms with Crippen LogP contribution in [0.2, 0.25) is 0 Å². The smallest absolute Gasteiger partial charge is 0.338 e. The van der Waals surface area contributed by atoms with Gasteiger partial charge in [0, 0.05) is 18.2 Å². The lowest BCUT2D eigenvalue weighted by Gasteiger charge is -2.30. The molecule has 1 aromatic carbocycles. The Kier molecular flexibility index (Phi) is 7.68. The number of ether oxygens (including phenoxy) is 1. The van der Waals surface area contributed by atoms with Crippen molar-refractivity contribution in [3.63, 3.8) is 0 Å². The van der Waals surface area contributed by atoms with E-state index in [4.69, 9.17) is 4.74 Å². The number of esters is 1. The Bertz CT molecular complexity index is 510. The van der Waals surface area contributed by atoms with Gasteiger partial charge in [0.2, 0.25) is 0 Å². The van der Waals surface area contributed by atoms with Crippen molar-refractivity contribution >= 4 is 11.7 Å². The monoisotopic (exact) mass is 322 g/mol. The Morgan fingerprint density at radius 3 is 2.22 bits per heavy atom. The molecule has 1 aromatic rings. The molecule has 1 rings (SSSR count). The molecule has 0 amide bonds. The zero-order valence-electron chi connectivity index (χ0n) is 14.3. The molecule has 23 heavy (non-hydrogen) atoms. The first kappa shape index (κ1) is 19.1. The molecule has 0 heterocycles. The number of nitro groups is 1. The number of benzene rings is 1. The molecule has 6 heteroatoms. The van der Waals surface area contributed by atoms with Crippen molar-refractivity contribution in [3.05, 3.63) is 39.9 Å². The summed E-state index contributed by atoms with van der Waals surface area (Å²) in [7, 11) is 0. The number of nitrogens with zero attached hydrogens (tertiary/aromatic N) is 2. The van der Waals surface area contributed by atoms with Gasteiger partial charge < -0.3 is 4.74 Å². The second kappa shape index (κ2) is 9.25. The van der Waals surface area contributed by atoms with E-state index in [9.17, 15) is 14.9 Å². The van der Waals surface area contributed by atoms with Crippen LogP contribution < -0.4 is 0 Å². The van der Waals surface area contributed by atoms with Crippen LogP contribution in [0.1, 0.15) is 44.5 Å². The highest BCUT2D eigenvalue weighted by Gasteiger charge is 2.20. The number of rotatable bonds is 9. The lowest BCUT2D eigenvalue weighted by atomic mass is 10.0. The topological polar surface area (TPSA) is 72.7 Å². The van der Waals surface area contributed by atoms with E-state index in [1.165, 1.54) is 24.3 Å². The summed E-state index contributed by atoms with van der Waals surface area (Å²) in [6.07, 6.45) is 0.954. The molecule has 0 aromatic heterocycles. The molecule has 128 valence electrons. The van der Waals surface area contributed by atoms with Crippen LogP contribution in [0.3, 0.4) is 0 Å². The Morgan fingerprint density at radius 2 is 1.78 bits per heavy atom. The average Bonchev–Trinajstić information content (AvgIpc) is 2.52. The molecule has 0 aliphatic heterocycles. The van der Waals surface area contributed by atoms with Crippen LogP contribution >= 0.6 is 0 Å². The zero-order valence-corrected chi connectivity index (χ0v) is 14.3. The van der Waals surface area contributed by atoms with Gasteiger partial charge in [-0.05, 0) is 37.6 Å². The third-order valence-corrected chi connectivity index (χ3v) is 3.79. The van der Waals surface area contributed by atoms with Crippen LogP contribution in [-0.4, -0.2) is 41.5 Å². The van der Waals surface area contributed by atoms with Crippen LogP contribution in [-0.2, 0) is 4.74 Å². The normalized spacial score (nSPS) is 12.4. The standard InChI is InChI=1S/C17H26N2O4/c1-5-18(6-2)16(11-13(3)4)12-23-17(20)14-7-9-15(10-8-14)19(21)22/h7-10,13,16H,5-6,11-12H2,1-4H3.